The van der Waals surface area contributed by atoms with E-state index in [4.69, 9.17) is 4.74 Å². The number of amides is 3. The molecular weight excluding hydrogens is 418 g/mol. The first kappa shape index (κ1) is 22.8. The zero-order chi connectivity index (χ0) is 23.4. The molecule has 3 amide bonds. The molecule has 0 spiro atoms. The number of likely N-dealkylation sites (N-methyl/N-ethyl adjacent to an activating group) is 1. The topological polar surface area (TPSA) is 70.2 Å². The van der Waals surface area contributed by atoms with Crippen molar-refractivity contribution in [2.45, 2.75) is 32.2 Å². The van der Waals surface area contributed by atoms with Crippen molar-refractivity contribution in [2.24, 2.45) is 0 Å². The van der Waals surface area contributed by atoms with E-state index in [0.29, 0.717) is 39.0 Å². The third kappa shape index (κ3) is 5.02. The van der Waals surface area contributed by atoms with Crippen molar-refractivity contribution in [3.63, 3.8) is 0 Å². The molecule has 0 radical (unpaired) electrons. The Morgan fingerprint density at radius 2 is 1.79 bits per heavy atom. The monoisotopic (exact) mass is 449 g/mol. The predicted octanol–water partition coefficient (Wildman–Crippen LogP) is 2.59. The van der Waals surface area contributed by atoms with Crippen LogP contribution in [0, 0.1) is 0 Å². The van der Waals surface area contributed by atoms with E-state index in [0.717, 1.165) is 28.9 Å². The molecule has 2 aromatic carbocycles. The van der Waals surface area contributed by atoms with E-state index in [-0.39, 0.29) is 24.3 Å². The second-order valence-electron chi connectivity index (χ2n) is 8.57. The molecule has 7 nitrogen and oxygen atoms in total. The van der Waals surface area contributed by atoms with Crippen LogP contribution in [-0.2, 0) is 20.8 Å². The van der Waals surface area contributed by atoms with E-state index in [2.05, 4.69) is 0 Å². The summed E-state index contributed by atoms with van der Waals surface area (Å²) in [5, 5.41) is 0. The minimum Gasteiger partial charge on any atom is -0.497 e. The number of carbonyl (C=O) groups is 3. The molecule has 2 saturated heterocycles. The second-order valence-corrected chi connectivity index (χ2v) is 8.57. The van der Waals surface area contributed by atoms with Crippen LogP contribution in [0.5, 0.6) is 5.75 Å². The summed E-state index contributed by atoms with van der Waals surface area (Å²) >= 11 is 0. The van der Waals surface area contributed by atoms with Crippen LogP contribution in [0.15, 0.2) is 48.5 Å². The number of nitrogens with zero attached hydrogens (tertiary/aromatic N) is 3. The maximum absolute atomic E-state index is 13.2. The minimum absolute atomic E-state index is 0.0200. The van der Waals surface area contributed by atoms with Crippen molar-refractivity contribution >= 4 is 17.7 Å². The van der Waals surface area contributed by atoms with Crippen molar-refractivity contribution in [2.75, 3.05) is 39.8 Å². The van der Waals surface area contributed by atoms with Gasteiger partial charge < -0.3 is 19.4 Å². The van der Waals surface area contributed by atoms with Crippen LogP contribution in [0.2, 0.25) is 0 Å². The van der Waals surface area contributed by atoms with Gasteiger partial charge in [0.15, 0.2) is 0 Å². The number of benzene rings is 2. The van der Waals surface area contributed by atoms with Gasteiger partial charge >= 0.3 is 0 Å². The standard InChI is InChI=1S/C26H31N3O4/c1-3-27-14-15-29(25(31)18-28-13-5-8-24(28)30)23(26(27)32)16-19-9-11-20(12-10-19)21-6-4-7-22(17-21)33-2/h4,6-7,9-12,17,23H,3,5,8,13-16,18H2,1-2H3/t23-/m1/s1. The average molecular weight is 450 g/mol. The van der Waals surface area contributed by atoms with E-state index in [1.807, 2.05) is 55.5 Å². The fraction of sp³-hybridized carbons (Fsp3) is 0.423. The number of likely N-dealkylation sites (tertiary alicyclic amines) is 1. The molecule has 2 fully saturated rings. The first-order valence-electron chi connectivity index (χ1n) is 11.6. The molecule has 0 unspecified atom stereocenters. The molecule has 0 saturated carbocycles. The van der Waals surface area contributed by atoms with Gasteiger partial charge in [0.25, 0.3) is 0 Å². The largest absolute Gasteiger partial charge is 0.497 e. The van der Waals surface area contributed by atoms with Crippen LogP contribution >= 0.6 is 0 Å². The van der Waals surface area contributed by atoms with E-state index >= 15 is 0 Å². The maximum atomic E-state index is 13.2. The van der Waals surface area contributed by atoms with Crippen LogP contribution < -0.4 is 4.74 Å². The molecule has 174 valence electrons. The molecule has 0 bridgehead atoms. The van der Waals surface area contributed by atoms with Gasteiger partial charge in [-0.2, -0.15) is 0 Å². The second kappa shape index (κ2) is 10.1. The highest BCUT2D eigenvalue weighted by Crippen LogP contribution is 2.25. The van der Waals surface area contributed by atoms with Gasteiger partial charge in [-0.05, 0) is 42.2 Å². The summed E-state index contributed by atoms with van der Waals surface area (Å²) in [5.74, 6) is 0.648. The highest BCUT2D eigenvalue weighted by molar-refractivity contribution is 5.91. The fourth-order valence-electron chi connectivity index (χ4n) is 4.63. The van der Waals surface area contributed by atoms with E-state index < -0.39 is 6.04 Å². The summed E-state index contributed by atoms with van der Waals surface area (Å²) in [6.07, 6.45) is 1.74. The lowest BCUT2D eigenvalue weighted by molar-refractivity contribution is -0.152. The van der Waals surface area contributed by atoms with Crippen molar-refractivity contribution in [1.29, 1.82) is 0 Å². The predicted molar refractivity (Wildman–Crippen MR) is 126 cm³/mol. The molecular formula is C26H31N3O4. The SMILES string of the molecule is CCN1CCN(C(=O)CN2CCCC2=O)[C@H](Cc2ccc(-c3cccc(OC)c3)cc2)C1=O. The van der Waals surface area contributed by atoms with Crippen LogP contribution in [-0.4, -0.2) is 78.3 Å². The van der Waals surface area contributed by atoms with Crippen LogP contribution in [0.25, 0.3) is 11.1 Å². The highest BCUT2D eigenvalue weighted by Gasteiger charge is 2.37. The zero-order valence-corrected chi connectivity index (χ0v) is 19.3. The van der Waals surface area contributed by atoms with E-state index in [1.165, 1.54) is 0 Å². The summed E-state index contributed by atoms with van der Waals surface area (Å²) in [4.78, 5) is 43.3. The van der Waals surface area contributed by atoms with Crippen molar-refractivity contribution < 1.29 is 19.1 Å². The van der Waals surface area contributed by atoms with E-state index in [1.54, 1.807) is 21.8 Å². The number of ether oxygens (including phenoxy) is 1. The molecule has 2 aliphatic rings. The maximum Gasteiger partial charge on any atom is 0.245 e. The lowest BCUT2D eigenvalue weighted by atomic mass is 9.98. The first-order valence-corrected chi connectivity index (χ1v) is 11.6. The molecule has 0 aromatic heterocycles. The summed E-state index contributed by atoms with van der Waals surface area (Å²) in [5.41, 5.74) is 3.11. The number of hydrogen-bond acceptors (Lipinski definition) is 4. The van der Waals surface area contributed by atoms with Gasteiger partial charge in [0.05, 0.1) is 13.7 Å². The smallest absolute Gasteiger partial charge is 0.245 e. The van der Waals surface area contributed by atoms with Gasteiger partial charge in [0, 0.05) is 39.0 Å². The third-order valence-electron chi connectivity index (χ3n) is 6.57. The molecule has 1 atom stereocenters. The summed E-state index contributed by atoms with van der Waals surface area (Å²) in [7, 11) is 1.65. The molecule has 0 aliphatic carbocycles. The number of rotatable bonds is 7. The zero-order valence-electron chi connectivity index (χ0n) is 19.3. The van der Waals surface area contributed by atoms with Gasteiger partial charge in [0.2, 0.25) is 17.7 Å². The van der Waals surface area contributed by atoms with Gasteiger partial charge in [-0.1, -0.05) is 36.4 Å². The Balaban J connectivity index is 1.51. The van der Waals surface area contributed by atoms with Crippen LogP contribution in [0.1, 0.15) is 25.3 Å². The Morgan fingerprint density at radius 1 is 1.00 bits per heavy atom. The van der Waals surface area contributed by atoms with Gasteiger partial charge in [-0.15, -0.1) is 0 Å². The highest BCUT2D eigenvalue weighted by atomic mass is 16.5. The Kier molecular flexibility index (Phi) is 6.96. The Hall–Kier alpha value is -3.35. The number of piperazine rings is 1. The number of hydrogen-bond donors (Lipinski definition) is 0. The quantitative estimate of drug-likeness (QED) is 0.652. The van der Waals surface area contributed by atoms with Gasteiger partial charge in [-0.25, -0.2) is 0 Å². The van der Waals surface area contributed by atoms with Crippen LogP contribution in [0.4, 0.5) is 0 Å². The molecule has 7 heteroatoms. The Bertz CT molecular complexity index is 1020. The summed E-state index contributed by atoms with van der Waals surface area (Å²) < 4.78 is 5.32. The van der Waals surface area contributed by atoms with Crippen molar-refractivity contribution in [3.8, 4) is 16.9 Å². The summed E-state index contributed by atoms with van der Waals surface area (Å²) in [6.45, 7) is 4.27. The Morgan fingerprint density at radius 3 is 2.45 bits per heavy atom. The lowest BCUT2D eigenvalue weighted by Crippen LogP contribution is -2.60. The molecule has 2 aliphatic heterocycles. The molecule has 4 rings (SSSR count). The van der Waals surface area contributed by atoms with E-state index in [9.17, 15) is 14.4 Å². The van der Waals surface area contributed by atoms with Gasteiger partial charge in [0.1, 0.15) is 11.8 Å². The van der Waals surface area contributed by atoms with Gasteiger partial charge in [-0.3, -0.25) is 14.4 Å². The average Bonchev–Trinajstić information content (AvgIpc) is 3.24. The van der Waals surface area contributed by atoms with Crippen molar-refractivity contribution in [3.05, 3.63) is 54.1 Å². The molecule has 2 heterocycles. The normalized spacial score (nSPS) is 18.7. The third-order valence-corrected chi connectivity index (χ3v) is 6.57. The molecule has 0 N–H and O–H groups in total. The molecule has 2 aromatic rings. The molecule has 33 heavy (non-hydrogen) atoms. The number of methoxy groups -OCH3 is 1. The van der Waals surface area contributed by atoms with Crippen molar-refractivity contribution in [1.82, 2.24) is 14.7 Å². The fourth-order valence-corrected chi connectivity index (χ4v) is 4.63. The summed E-state index contributed by atoms with van der Waals surface area (Å²) in [6, 6.07) is 15.4. The lowest BCUT2D eigenvalue weighted by Gasteiger charge is -2.41. The van der Waals surface area contributed by atoms with Crippen LogP contribution in [0.3, 0.4) is 0 Å². The first-order chi connectivity index (χ1) is 16.0. The number of carbonyl (C=O) groups excluding carboxylic acids is 3. The minimum atomic E-state index is -0.549. The Labute approximate surface area is 194 Å².